The predicted octanol–water partition coefficient (Wildman–Crippen LogP) is 26.3. The zero-order chi connectivity index (χ0) is 59.9. The van der Waals surface area contributed by atoms with Gasteiger partial charge in [-0.3, -0.25) is 14.4 Å². The maximum absolute atomic E-state index is 13.0. The number of rotatable bonds is 72. The normalized spacial score (nSPS) is 12.0. The Bertz CT molecular complexity index is 1300. The molecule has 0 spiro atoms. The molecule has 6 nitrogen and oxygen atoms in total. The highest BCUT2D eigenvalue weighted by atomic mass is 16.6. The molecule has 0 N–H and O–H groups in total. The topological polar surface area (TPSA) is 78.9 Å². The smallest absolute Gasteiger partial charge is 0.306 e. The van der Waals surface area contributed by atoms with Gasteiger partial charge in [-0.05, 0) is 44.9 Å². The quantitative estimate of drug-likeness (QED) is 0.0261. The molecular weight excluding hydrogens is 1020 g/mol. The minimum Gasteiger partial charge on any atom is -0.462 e. The molecular formula is C77H148O6. The Morgan fingerprint density at radius 3 is 0.602 bits per heavy atom. The van der Waals surface area contributed by atoms with Crippen LogP contribution in [0, 0.1) is 0 Å². The van der Waals surface area contributed by atoms with E-state index in [0.29, 0.717) is 19.3 Å². The third kappa shape index (κ3) is 70.8. The summed E-state index contributed by atoms with van der Waals surface area (Å²) in [7, 11) is 0. The van der Waals surface area contributed by atoms with E-state index in [9.17, 15) is 14.4 Å². The largest absolute Gasteiger partial charge is 0.462 e. The van der Waals surface area contributed by atoms with Crippen molar-refractivity contribution in [2.45, 2.75) is 451 Å². The third-order valence-electron chi connectivity index (χ3n) is 17.8. The van der Waals surface area contributed by atoms with Crippen LogP contribution in [-0.2, 0) is 28.6 Å². The third-order valence-corrected chi connectivity index (χ3v) is 17.8. The fraction of sp³-hybridized carbons (Fsp3) is 0.935. The summed E-state index contributed by atoms with van der Waals surface area (Å²) in [6, 6.07) is 0. The van der Waals surface area contributed by atoms with Crippen LogP contribution in [0.15, 0.2) is 12.2 Å². The first-order chi connectivity index (χ1) is 41.0. The lowest BCUT2D eigenvalue weighted by atomic mass is 10.0. The first-order valence-corrected chi connectivity index (χ1v) is 38.2. The highest BCUT2D eigenvalue weighted by molar-refractivity contribution is 5.71. The van der Waals surface area contributed by atoms with Gasteiger partial charge in [-0.1, -0.05) is 392 Å². The van der Waals surface area contributed by atoms with Gasteiger partial charge in [-0.15, -0.1) is 0 Å². The number of esters is 3. The molecule has 0 fully saturated rings. The lowest BCUT2D eigenvalue weighted by Crippen LogP contribution is -2.30. The van der Waals surface area contributed by atoms with Crippen molar-refractivity contribution in [2.75, 3.05) is 13.2 Å². The van der Waals surface area contributed by atoms with Crippen LogP contribution in [0.2, 0.25) is 0 Å². The Morgan fingerprint density at radius 2 is 0.398 bits per heavy atom. The number of carbonyl (C=O) groups excluding carboxylic acids is 3. The van der Waals surface area contributed by atoms with E-state index in [1.54, 1.807) is 0 Å². The molecule has 492 valence electrons. The first kappa shape index (κ1) is 81.2. The van der Waals surface area contributed by atoms with E-state index in [1.165, 1.54) is 347 Å². The number of hydrogen-bond acceptors (Lipinski definition) is 6. The second-order valence-electron chi connectivity index (χ2n) is 26.3. The molecule has 83 heavy (non-hydrogen) atoms. The number of unbranched alkanes of at least 4 members (excludes halogenated alkanes) is 59. The van der Waals surface area contributed by atoms with Gasteiger partial charge in [0.25, 0.3) is 0 Å². The zero-order valence-corrected chi connectivity index (χ0v) is 56.8. The van der Waals surface area contributed by atoms with Gasteiger partial charge in [0.2, 0.25) is 0 Å². The average Bonchev–Trinajstić information content (AvgIpc) is 3.50. The molecule has 0 rings (SSSR count). The molecule has 0 aromatic rings. The molecule has 0 aliphatic carbocycles. The molecule has 0 aromatic heterocycles. The summed E-state index contributed by atoms with van der Waals surface area (Å²) in [5.41, 5.74) is 0. The number of hydrogen-bond donors (Lipinski definition) is 0. The lowest BCUT2D eigenvalue weighted by molar-refractivity contribution is -0.167. The first-order valence-electron chi connectivity index (χ1n) is 38.2. The molecule has 0 aromatic carbocycles. The number of ether oxygens (including phenoxy) is 3. The summed E-state index contributed by atoms with van der Waals surface area (Å²) in [6.07, 6.45) is 88.3. The van der Waals surface area contributed by atoms with Crippen molar-refractivity contribution >= 4 is 17.9 Å². The van der Waals surface area contributed by atoms with E-state index >= 15 is 0 Å². The van der Waals surface area contributed by atoms with E-state index in [-0.39, 0.29) is 31.1 Å². The van der Waals surface area contributed by atoms with Crippen LogP contribution in [-0.4, -0.2) is 37.2 Å². The highest BCUT2D eigenvalue weighted by Crippen LogP contribution is 2.20. The van der Waals surface area contributed by atoms with Crippen molar-refractivity contribution in [3.63, 3.8) is 0 Å². The van der Waals surface area contributed by atoms with Crippen molar-refractivity contribution < 1.29 is 28.6 Å². The Labute approximate surface area is 520 Å². The van der Waals surface area contributed by atoms with Crippen molar-refractivity contribution in [1.82, 2.24) is 0 Å². The summed E-state index contributed by atoms with van der Waals surface area (Å²) >= 11 is 0. The SMILES string of the molecule is CCCCCCCC/C=C\CCCCCCCCCC(=O)OCC(COC(=O)CCCCCCCCCCCCCCCCCCCCCCCCCC)OC(=O)CCCCCCCCCCCCCCCCCCCCCCCCCC. The molecule has 0 aliphatic rings. The molecule has 0 amide bonds. The van der Waals surface area contributed by atoms with Crippen LogP contribution in [0.4, 0.5) is 0 Å². The van der Waals surface area contributed by atoms with Crippen LogP contribution in [0.3, 0.4) is 0 Å². The molecule has 0 heterocycles. The number of allylic oxidation sites excluding steroid dienone is 2. The summed E-state index contributed by atoms with van der Waals surface area (Å²) in [6.45, 7) is 6.74. The van der Waals surface area contributed by atoms with Crippen molar-refractivity contribution in [2.24, 2.45) is 0 Å². The summed E-state index contributed by atoms with van der Waals surface area (Å²) in [5.74, 6) is -0.827. The monoisotopic (exact) mass is 1170 g/mol. The average molecular weight is 1170 g/mol. The second-order valence-corrected chi connectivity index (χ2v) is 26.3. The molecule has 0 bridgehead atoms. The summed E-state index contributed by atoms with van der Waals surface area (Å²) in [4.78, 5) is 38.6. The molecule has 0 radical (unpaired) electrons. The van der Waals surface area contributed by atoms with Gasteiger partial charge in [0.05, 0.1) is 0 Å². The molecule has 0 saturated carbocycles. The van der Waals surface area contributed by atoms with Gasteiger partial charge in [-0.25, -0.2) is 0 Å². The standard InChI is InChI=1S/C77H148O6/c1-4-7-10-13-16-19-22-25-28-31-33-35-37-39-41-43-46-49-52-55-58-61-64-67-70-76(79)82-73-74(72-81-75(78)69-66-63-60-57-54-51-48-45-30-27-24-21-18-15-12-9-6-3)83-77(80)71-68-65-62-59-56-53-50-47-44-42-40-38-36-34-32-29-26-23-20-17-14-11-8-5-2/h27,30,74H,4-26,28-29,31-73H2,1-3H3/b30-27-. The zero-order valence-electron chi connectivity index (χ0n) is 56.8. The van der Waals surface area contributed by atoms with Crippen LogP contribution in [0.1, 0.15) is 445 Å². The van der Waals surface area contributed by atoms with Crippen LogP contribution < -0.4 is 0 Å². The van der Waals surface area contributed by atoms with Gasteiger partial charge in [-0.2, -0.15) is 0 Å². The predicted molar refractivity (Wildman–Crippen MR) is 363 cm³/mol. The van der Waals surface area contributed by atoms with Gasteiger partial charge in [0.15, 0.2) is 6.10 Å². The second kappa shape index (κ2) is 72.6. The van der Waals surface area contributed by atoms with Crippen molar-refractivity contribution in [1.29, 1.82) is 0 Å². The van der Waals surface area contributed by atoms with Gasteiger partial charge in [0, 0.05) is 19.3 Å². The highest BCUT2D eigenvalue weighted by Gasteiger charge is 2.20. The van der Waals surface area contributed by atoms with Gasteiger partial charge < -0.3 is 14.2 Å². The Morgan fingerprint density at radius 1 is 0.229 bits per heavy atom. The van der Waals surface area contributed by atoms with Crippen LogP contribution in [0.5, 0.6) is 0 Å². The van der Waals surface area contributed by atoms with Crippen molar-refractivity contribution in [3.8, 4) is 0 Å². The Balaban J connectivity index is 4.25. The molecule has 6 heteroatoms. The van der Waals surface area contributed by atoms with E-state index in [4.69, 9.17) is 14.2 Å². The maximum atomic E-state index is 13.0. The summed E-state index contributed by atoms with van der Waals surface area (Å²) in [5, 5.41) is 0. The van der Waals surface area contributed by atoms with Gasteiger partial charge >= 0.3 is 17.9 Å². The fourth-order valence-electron chi connectivity index (χ4n) is 12.0. The van der Waals surface area contributed by atoms with Crippen molar-refractivity contribution in [3.05, 3.63) is 12.2 Å². The molecule has 0 aliphatic heterocycles. The van der Waals surface area contributed by atoms with E-state index < -0.39 is 6.10 Å². The van der Waals surface area contributed by atoms with Crippen LogP contribution >= 0.6 is 0 Å². The molecule has 1 unspecified atom stereocenters. The Kier molecular flexibility index (Phi) is 71.0. The summed E-state index contributed by atoms with van der Waals surface area (Å²) < 4.78 is 17.1. The van der Waals surface area contributed by atoms with Crippen LogP contribution in [0.25, 0.3) is 0 Å². The lowest BCUT2D eigenvalue weighted by Gasteiger charge is -2.18. The van der Waals surface area contributed by atoms with E-state index in [0.717, 1.165) is 57.8 Å². The Hall–Kier alpha value is -1.85. The fourth-order valence-corrected chi connectivity index (χ4v) is 12.0. The van der Waals surface area contributed by atoms with E-state index in [1.807, 2.05) is 0 Å². The maximum Gasteiger partial charge on any atom is 0.306 e. The molecule has 0 saturated heterocycles. The molecule has 1 atom stereocenters. The minimum absolute atomic E-state index is 0.0639. The van der Waals surface area contributed by atoms with E-state index in [2.05, 4.69) is 32.9 Å². The minimum atomic E-state index is -0.769. The van der Waals surface area contributed by atoms with Gasteiger partial charge in [0.1, 0.15) is 13.2 Å². The number of carbonyl (C=O) groups is 3.